The Labute approximate surface area is 358 Å². The van der Waals surface area contributed by atoms with Crippen molar-refractivity contribution in [3.8, 4) is 0 Å². The molecular formula is C40H71N5O16-4. The van der Waals surface area contributed by atoms with Gasteiger partial charge in [0.2, 0.25) is 5.91 Å². The van der Waals surface area contributed by atoms with E-state index in [0.29, 0.717) is 31.2 Å². The van der Waals surface area contributed by atoms with Crippen LogP contribution in [0.5, 0.6) is 0 Å². The van der Waals surface area contributed by atoms with Gasteiger partial charge in [0.05, 0.1) is 43.5 Å². The van der Waals surface area contributed by atoms with Crippen LogP contribution in [0, 0.1) is 17.8 Å². The third-order valence-corrected chi connectivity index (χ3v) is 11.2. The summed E-state index contributed by atoms with van der Waals surface area (Å²) in [6.07, 6.45) is 6.53. The fourth-order valence-corrected chi connectivity index (χ4v) is 8.11. The summed E-state index contributed by atoms with van der Waals surface area (Å²) in [5.41, 5.74) is 0. The second-order valence-electron chi connectivity index (χ2n) is 15.8. The molecule has 8 N–H and O–H groups in total. The van der Waals surface area contributed by atoms with E-state index in [2.05, 4.69) is 5.32 Å². The molecule has 61 heavy (non-hydrogen) atoms. The zero-order valence-electron chi connectivity index (χ0n) is 34.7. The topological polar surface area (TPSA) is 357 Å². The van der Waals surface area contributed by atoms with Crippen molar-refractivity contribution in [2.75, 3.05) is 79.1 Å². The van der Waals surface area contributed by atoms with Crippen LogP contribution in [0.2, 0.25) is 0 Å². The molecule has 0 saturated heterocycles. The average molecular weight is 878 g/mol. The number of aliphatic carboxylic acids is 5. The summed E-state index contributed by atoms with van der Waals surface area (Å²) in [7, 11) is 1.70. The number of aliphatic hydroxyl groups excluding tert-OH is 5. The van der Waals surface area contributed by atoms with Gasteiger partial charge in [-0.1, -0.05) is 46.0 Å². The predicted octanol–water partition coefficient (Wildman–Crippen LogP) is -8.67. The molecule has 0 bridgehead atoms. The molecule has 2 saturated carbocycles. The second kappa shape index (κ2) is 32.2. The highest BCUT2D eigenvalue weighted by atomic mass is 16.4. The van der Waals surface area contributed by atoms with Crippen LogP contribution >= 0.6 is 0 Å². The Morgan fingerprint density at radius 1 is 0.639 bits per heavy atom. The standard InChI is InChI=1S/C32H54N4O11.C7H17NO5.CH4/c37-26(38)19-34(20-27(39)40)15-17-36(18-16-35(21-28(41)42)22-29(43)44)25(32(46)47)13-7-8-14-33-31(45)30(23-9-3-1-4-10-23)24-11-5-2-6-12-24;1-8-2-4(10)6(12)7(13)5(11)3-9;/h23-25,30H,1-22H2,(H,33,45)(H,37,38)(H,39,40)(H,41,42)(H,43,44)(H,46,47);4-13H,2-3H2,1H3;1H4/p-4/t25-;4-,5+,6+,7+;/m00./s1. The molecule has 356 valence electrons. The molecule has 5 atom stereocenters. The number of hydrogen-bond acceptors (Lipinski definition) is 19. The molecule has 2 aliphatic carbocycles. The second-order valence-corrected chi connectivity index (χ2v) is 15.8. The Hall–Kier alpha value is -3.54. The number of carboxylic acid groups (broad SMARTS) is 5. The molecule has 2 rings (SSSR count). The number of carbonyl (C=O) groups excluding carboxylic acids is 6. The van der Waals surface area contributed by atoms with E-state index in [-0.39, 0.29) is 58.4 Å². The quantitative estimate of drug-likeness (QED) is 0.0329. The largest absolute Gasteiger partial charge is 0.549 e. The number of amides is 1. The molecule has 21 nitrogen and oxygen atoms in total. The first kappa shape index (κ1) is 57.5. The minimum Gasteiger partial charge on any atom is -0.549 e. The van der Waals surface area contributed by atoms with E-state index in [0.717, 1.165) is 61.2 Å². The average Bonchev–Trinajstić information content (AvgIpc) is 3.18. The van der Waals surface area contributed by atoms with Crippen LogP contribution in [-0.4, -0.2) is 186 Å². The lowest BCUT2D eigenvalue weighted by Crippen LogP contribution is -2.83. The van der Waals surface area contributed by atoms with Crippen molar-refractivity contribution in [1.29, 1.82) is 0 Å². The maximum Gasteiger partial charge on any atom is 0.223 e. The van der Waals surface area contributed by atoms with Gasteiger partial charge in [-0.25, -0.2) is 0 Å². The lowest BCUT2D eigenvalue weighted by Gasteiger charge is -2.37. The molecular weight excluding hydrogens is 806 g/mol. The molecule has 0 aromatic carbocycles. The molecule has 0 aromatic rings. The van der Waals surface area contributed by atoms with Crippen LogP contribution in [0.3, 0.4) is 0 Å². The van der Waals surface area contributed by atoms with E-state index < -0.39 is 93.1 Å². The SMILES string of the molecule is C.C[NH2+]C[C@H](O)[C@@H](O)[C@H](O)[C@H](O)CO.O=C([O-])CN(CCN(CCN(CC(=O)[O-])CC(=O)[O-])[C@@H](CCCCNC(=O)C(C1CCCCC1)C1CCCCC1)C(=O)[O-])CC(=O)[O-]. The van der Waals surface area contributed by atoms with Crippen molar-refractivity contribution in [3.63, 3.8) is 0 Å². The number of quaternary nitrogens is 1. The van der Waals surface area contributed by atoms with Crippen molar-refractivity contribution in [1.82, 2.24) is 20.0 Å². The van der Waals surface area contributed by atoms with E-state index >= 15 is 0 Å². The number of nitrogens with zero attached hydrogens (tertiary/aromatic N) is 3. The van der Waals surface area contributed by atoms with Gasteiger partial charge < -0.3 is 85.7 Å². The number of unbranched alkanes of at least 4 members (excludes halogenated alkanes) is 1. The van der Waals surface area contributed by atoms with Gasteiger partial charge in [-0.2, -0.15) is 0 Å². The number of nitrogens with two attached hydrogens (primary N) is 1. The van der Waals surface area contributed by atoms with E-state index in [1.807, 2.05) is 0 Å². The summed E-state index contributed by atoms with van der Waals surface area (Å²) in [5, 5.41) is 106. The van der Waals surface area contributed by atoms with E-state index in [4.69, 9.17) is 15.3 Å². The summed E-state index contributed by atoms with van der Waals surface area (Å²) in [6, 6.07) is -1.26. The molecule has 0 aliphatic heterocycles. The Balaban J connectivity index is 0.00000221. The third kappa shape index (κ3) is 24.0. The maximum absolute atomic E-state index is 13.4. The number of likely N-dealkylation sites (N-methyl/N-ethyl adjacent to an activating group) is 1. The number of rotatable bonds is 30. The highest BCUT2D eigenvalue weighted by Crippen LogP contribution is 2.40. The van der Waals surface area contributed by atoms with E-state index in [9.17, 15) is 64.5 Å². The normalized spacial score (nSPS) is 17.4. The zero-order chi connectivity index (χ0) is 45.2. The number of nitrogens with one attached hydrogen (secondary N) is 1. The molecule has 21 heteroatoms. The van der Waals surface area contributed by atoms with Crippen molar-refractivity contribution < 1.29 is 85.1 Å². The number of carbonyl (C=O) groups is 6. The Morgan fingerprint density at radius 3 is 1.41 bits per heavy atom. The number of carboxylic acids is 5. The highest BCUT2D eigenvalue weighted by molar-refractivity contribution is 5.79. The minimum absolute atomic E-state index is 0. The zero-order valence-corrected chi connectivity index (χ0v) is 34.7. The Morgan fingerprint density at radius 2 is 1.05 bits per heavy atom. The summed E-state index contributed by atoms with van der Waals surface area (Å²) < 4.78 is 0. The molecule has 2 fully saturated rings. The molecule has 0 heterocycles. The lowest BCUT2D eigenvalue weighted by atomic mass is 9.69. The van der Waals surface area contributed by atoms with Crippen LogP contribution < -0.4 is 36.2 Å². The van der Waals surface area contributed by atoms with Crippen LogP contribution in [-0.2, 0) is 28.8 Å². The lowest BCUT2D eigenvalue weighted by molar-refractivity contribution is -0.635. The van der Waals surface area contributed by atoms with Gasteiger partial charge >= 0.3 is 0 Å². The molecule has 0 unspecified atom stereocenters. The van der Waals surface area contributed by atoms with E-state index in [1.54, 1.807) is 12.4 Å². The third-order valence-electron chi connectivity index (χ3n) is 11.2. The first-order valence-corrected chi connectivity index (χ1v) is 21.0. The highest BCUT2D eigenvalue weighted by Gasteiger charge is 2.36. The van der Waals surface area contributed by atoms with E-state index in [1.165, 1.54) is 17.7 Å². The van der Waals surface area contributed by atoms with Crippen molar-refractivity contribution in [3.05, 3.63) is 0 Å². The fourth-order valence-electron chi connectivity index (χ4n) is 8.11. The van der Waals surface area contributed by atoms with Crippen molar-refractivity contribution in [2.24, 2.45) is 17.8 Å². The molecule has 0 spiro atoms. The molecule has 1 amide bonds. The minimum atomic E-state index is -1.56. The summed E-state index contributed by atoms with van der Waals surface area (Å²) in [4.78, 5) is 73.6. The van der Waals surface area contributed by atoms with Gasteiger partial charge in [0.1, 0.15) is 31.0 Å². The van der Waals surface area contributed by atoms with Gasteiger partial charge in [0.25, 0.3) is 0 Å². The number of hydrogen-bond donors (Lipinski definition) is 7. The fraction of sp³-hybridized carbons (Fsp3) is 0.850. The molecule has 0 radical (unpaired) electrons. The first-order chi connectivity index (χ1) is 28.4. The van der Waals surface area contributed by atoms with Crippen molar-refractivity contribution in [2.45, 2.75) is 121 Å². The van der Waals surface area contributed by atoms with Gasteiger partial charge in [0, 0.05) is 70.9 Å². The van der Waals surface area contributed by atoms with Gasteiger partial charge in [0.15, 0.2) is 0 Å². The van der Waals surface area contributed by atoms with Crippen LogP contribution in [0.1, 0.15) is 90.9 Å². The summed E-state index contributed by atoms with van der Waals surface area (Å²) >= 11 is 0. The molecule has 2 aliphatic rings. The van der Waals surface area contributed by atoms with Gasteiger partial charge in [-0.3, -0.25) is 19.5 Å². The summed E-state index contributed by atoms with van der Waals surface area (Å²) in [5.74, 6) is -6.89. The summed E-state index contributed by atoms with van der Waals surface area (Å²) in [6.45, 7) is -3.94. The molecule has 0 aromatic heterocycles. The monoisotopic (exact) mass is 877 g/mol. The number of aliphatic hydroxyl groups is 5. The Kier molecular flexibility index (Phi) is 30.3. The van der Waals surface area contributed by atoms with Gasteiger partial charge in [-0.05, 0) is 56.8 Å². The van der Waals surface area contributed by atoms with Crippen LogP contribution in [0.25, 0.3) is 0 Å². The smallest absolute Gasteiger partial charge is 0.223 e. The predicted molar refractivity (Wildman–Crippen MR) is 207 cm³/mol. The Bertz CT molecular complexity index is 1200. The van der Waals surface area contributed by atoms with Crippen LogP contribution in [0.15, 0.2) is 0 Å². The van der Waals surface area contributed by atoms with Crippen molar-refractivity contribution >= 4 is 35.8 Å². The first-order valence-electron chi connectivity index (χ1n) is 21.0. The van der Waals surface area contributed by atoms with Gasteiger partial charge in [-0.15, -0.1) is 0 Å². The maximum atomic E-state index is 13.4. The van der Waals surface area contributed by atoms with Crippen LogP contribution in [0.4, 0.5) is 0 Å².